The SMILES string of the molecule is Cc1cccc(-c2nc(C)nn2Cc2cc(=O)n(C)c(=O)n2C)c1. The molecule has 0 saturated carbocycles. The Kier molecular flexibility index (Phi) is 3.92. The summed E-state index contributed by atoms with van der Waals surface area (Å²) >= 11 is 0. The fourth-order valence-corrected chi connectivity index (χ4v) is 2.65. The van der Waals surface area contributed by atoms with Crippen molar-refractivity contribution >= 4 is 0 Å². The molecule has 3 rings (SSSR count). The van der Waals surface area contributed by atoms with Gasteiger partial charge in [-0.1, -0.05) is 23.8 Å². The molecule has 0 unspecified atom stereocenters. The summed E-state index contributed by atoms with van der Waals surface area (Å²) in [4.78, 5) is 28.5. The second kappa shape index (κ2) is 5.92. The molecule has 0 aliphatic carbocycles. The molecular formula is C17H19N5O2. The summed E-state index contributed by atoms with van der Waals surface area (Å²) in [5.74, 6) is 1.35. The van der Waals surface area contributed by atoms with Gasteiger partial charge in [0.25, 0.3) is 5.56 Å². The van der Waals surface area contributed by atoms with Crippen molar-refractivity contribution in [1.82, 2.24) is 23.9 Å². The zero-order valence-corrected chi connectivity index (χ0v) is 14.1. The summed E-state index contributed by atoms with van der Waals surface area (Å²) in [6.45, 7) is 4.13. The van der Waals surface area contributed by atoms with Gasteiger partial charge >= 0.3 is 5.69 Å². The second-order valence-corrected chi connectivity index (χ2v) is 5.88. The average molecular weight is 325 g/mol. The van der Waals surface area contributed by atoms with E-state index in [-0.39, 0.29) is 11.2 Å². The summed E-state index contributed by atoms with van der Waals surface area (Å²) in [6, 6.07) is 9.44. The maximum absolute atomic E-state index is 12.1. The molecule has 24 heavy (non-hydrogen) atoms. The molecule has 124 valence electrons. The van der Waals surface area contributed by atoms with Gasteiger partial charge in [-0.3, -0.25) is 13.9 Å². The smallest absolute Gasteiger partial charge is 0.299 e. The fraction of sp³-hybridized carbons (Fsp3) is 0.294. The molecule has 0 aliphatic rings. The molecule has 1 aromatic carbocycles. The van der Waals surface area contributed by atoms with E-state index in [4.69, 9.17) is 0 Å². The lowest BCUT2D eigenvalue weighted by molar-refractivity contribution is 0.596. The summed E-state index contributed by atoms with van der Waals surface area (Å²) in [5.41, 5.74) is 1.97. The van der Waals surface area contributed by atoms with Crippen LogP contribution in [0.2, 0.25) is 0 Å². The third-order valence-corrected chi connectivity index (χ3v) is 3.99. The zero-order chi connectivity index (χ0) is 17.4. The van der Waals surface area contributed by atoms with E-state index in [1.807, 2.05) is 38.1 Å². The lowest BCUT2D eigenvalue weighted by Gasteiger charge is -2.11. The quantitative estimate of drug-likeness (QED) is 0.720. The van der Waals surface area contributed by atoms with E-state index in [1.54, 1.807) is 11.7 Å². The third kappa shape index (κ3) is 2.80. The van der Waals surface area contributed by atoms with Crippen molar-refractivity contribution in [3.8, 4) is 11.4 Å². The van der Waals surface area contributed by atoms with Gasteiger partial charge in [-0.25, -0.2) is 14.5 Å². The van der Waals surface area contributed by atoms with Crippen LogP contribution in [0.15, 0.2) is 39.9 Å². The highest BCUT2D eigenvalue weighted by Gasteiger charge is 2.13. The van der Waals surface area contributed by atoms with Crippen LogP contribution >= 0.6 is 0 Å². The van der Waals surface area contributed by atoms with Gasteiger partial charge in [-0.2, -0.15) is 5.10 Å². The van der Waals surface area contributed by atoms with Crippen molar-refractivity contribution in [1.29, 1.82) is 0 Å². The van der Waals surface area contributed by atoms with Gasteiger partial charge in [0.05, 0.1) is 6.54 Å². The van der Waals surface area contributed by atoms with Gasteiger partial charge in [0, 0.05) is 31.4 Å². The fourth-order valence-electron chi connectivity index (χ4n) is 2.65. The van der Waals surface area contributed by atoms with Crippen LogP contribution in [0.4, 0.5) is 0 Å². The molecule has 3 aromatic rings. The van der Waals surface area contributed by atoms with Gasteiger partial charge in [0.2, 0.25) is 0 Å². The maximum Gasteiger partial charge on any atom is 0.330 e. The van der Waals surface area contributed by atoms with E-state index in [2.05, 4.69) is 10.1 Å². The lowest BCUT2D eigenvalue weighted by atomic mass is 10.1. The Bertz CT molecular complexity index is 1030. The maximum atomic E-state index is 12.1. The van der Waals surface area contributed by atoms with Crippen LogP contribution < -0.4 is 11.2 Å². The average Bonchev–Trinajstić information content (AvgIpc) is 2.91. The molecule has 0 atom stereocenters. The highest BCUT2D eigenvalue weighted by molar-refractivity contribution is 5.56. The summed E-state index contributed by atoms with van der Waals surface area (Å²) in [7, 11) is 3.11. The normalized spacial score (nSPS) is 11.0. The Labute approximate surface area is 138 Å². The Morgan fingerprint density at radius 1 is 1.04 bits per heavy atom. The standard InChI is InChI=1S/C17H19N5O2/c1-11-6-5-7-13(8-11)16-18-12(2)19-22(16)10-14-9-15(23)21(4)17(24)20(14)3/h5-9H,10H2,1-4H3. The predicted octanol–water partition coefficient (Wildman–Crippen LogP) is 1.01. The highest BCUT2D eigenvalue weighted by atomic mass is 16.2. The highest BCUT2D eigenvalue weighted by Crippen LogP contribution is 2.19. The molecule has 0 saturated heterocycles. The molecule has 0 N–H and O–H groups in total. The number of aryl methyl sites for hydroxylation is 2. The first-order valence-corrected chi connectivity index (χ1v) is 7.61. The van der Waals surface area contributed by atoms with E-state index in [0.29, 0.717) is 23.9 Å². The first kappa shape index (κ1) is 15.9. The number of nitrogens with zero attached hydrogens (tertiary/aromatic N) is 5. The van der Waals surface area contributed by atoms with Gasteiger partial charge in [0.15, 0.2) is 5.82 Å². The largest absolute Gasteiger partial charge is 0.330 e. The summed E-state index contributed by atoms with van der Waals surface area (Å²) in [5, 5.41) is 4.42. The number of aromatic nitrogens is 5. The first-order valence-electron chi connectivity index (χ1n) is 7.61. The molecule has 7 heteroatoms. The molecule has 0 radical (unpaired) electrons. The first-order chi connectivity index (χ1) is 11.4. The Balaban J connectivity index is 2.10. The Morgan fingerprint density at radius 3 is 2.50 bits per heavy atom. The zero-order valence-electron chi connectivity index (χ0n) is 14.1. The van der Waals surface area contributed by atoms with Crippen molar-refractivity contribution in [2.45, 2.75) is 20.4 Å². The molecular weight excluding hydrogens is 306 g/mol. The van der Waals surface area contributed by atoms with Crippen molar-refractivity contribution in [2.24, 2.45) is 14.1 Å². The number of hydrogen-bond acceptors (Lipinski definition) is 4. The second-order valence-electron chi connectivity index (χ2n) is 5.88. The molecule has 2 heterocycles. The molecule has 0 fully saturated rings. The summed E-state index contributed by atoms with van der Waals surface area (Å²) in [6.07, 6.45) is 0. The summed E-state index contributed by atoms with van der Waals surface area (Å²) < 4.78 is 4.26. The van der Waals surface area contributed by atoms with Crippen LogP contribution in [-0.2, 0) is 20.6 Å². The molecule has 0 spiro atoms. The van der Waals surface area contributed by atoms with Crippen LogP contribution in [0.5, 0.6) is 0 Å². The molecule has 0 amide bonds. The van der Waals surface area contributed by atoms with E-state index in [1.165, 1.54) is 17.7 Å². The minimum absolute atomic E-state index is 0.298. The van der Waals surface area contributed by atoms with Crippen LogP contribution in [-0.4, -0.2) is 23.9 Å². The number of hydrogen-bond donors (Lipinski definition) is 0. The van der Waals surface area contributed by atoms with Crippen LogP contribution in [0.1, 0.15) is 17.1 Å². The minimum Gasteiger partial charge on any atom is -0.299 e. The van der Waals surface area contributed by atoms with Crippen molar-refractivity contribution in [2.75, 3.05) is 0 Å². The molecule has 0 aliphatic heterocycles. The van der Waals surface area contributed by atoms with Crippen molar-refractivity contribution in [3.63, 3.8) is 0 Å². The van der Waals surface area contributed by atoms with Crippen LogP contribution in [0, 0.1) is 13.8 Å². The van der Waals surface area contributed by atoms with Gasteiger partial charge in [-0.15, -0.1) is 0 Å². The molecule has 7 nitrogen and oxygen atoms in total. The predicted molar refractivity (Wildman–Crippen MR) is 91.0 cm³/mol. The van der Waals surface area contributed by atoms with E-state index < -0.39 is 0 Å². The number of rotatable bonds is 3. The topological polar surface area (TPSA) is 74.7 Å². The van der Waals surface area contributed by atoms with Gasteiger partial charge in [0.1, 0.15) is 5.82 Å². The minimum atomic E-state index is -0.355. The van der Waals surface area contributed by atoms with Crippen molar-refractivity contribution in [3.05, 3.63) is 68.3 Å². The van der Waals surface area contributed by atoms with E-state index in [9.17, 15) is 9.59 Å². The number of benzene rings is 1. The van der Waals surface area contributed by atoms with Gasteiger partial charge < -0.3 is 0 Å². The van der Waals surface area contributed by atoms with Gasteiger partial charge in [-0.05, 0) is 19.9 Å². The lowest BCUT2D eigenvalue weighted by Crippen LogP contribution is -2.38. The third-order valence-electron chi connectivity index (χ3n) is 3.99. The van der Waals surface area contributed by atoms with Crippen LogP contribution in [0.3, 0.4) is 0 Å². The molecule has 2 aromatic heterocycles. The van der Waals surface area contributed by atoms with Crippen molar-refractivity contribution < 1.29 is 0 Å². The molecule has 0 bridgehead atoms. The van der Waals surface area contributed by atoms with Crippen LogP contribution in [0.25, 0.3) is 11.4 Å². The Morgan fingerprint density at radius 2 is 1.79 bits per heavy atom. The monoisotopic (exact) mass is 325 g/mol. The Hall–Kier alpha value is -2.96. The van der Waals surface area contributed by atoms with E-state index >= 15 is 0 Å². The van der Waals surface area contributed by atoms with E-state index in [0.717, 1.165) is 15.7 Å².